The molecule has 5 nitrogen and oxygen atoms in total. The van der Waals surface area contributed by atoms with Gasteiger partial charge in [0, 0.05) is 5.56 Å². The average molecular weight is 312 g/mol. The van der Waals surface area contributed by atoms with E-state index in [1.54, 1.807) is 11.3 Å². The van der Waals surface area contributed by atoms with Crippen LogP contribution in [0.1, 0.15) is 29.3 Å². The molecule has 3 aromatic rings. The fraction of sp³-hybridized carbons (Fsp3) is 0.250. The Morgan fingerprint density at radius 3 is 2.73 bits per heavy atom. The van der Waals surface area contributed by atoms with E-state index in [1.165, 1.54) is 10.4 Å². The summed E-state index contributed by atoms with van der Waals surface area (Å²) in [5.74, 6) is 0.541. The van der Waals surface area contributed by atoms with Gasteiger partial charge in [-0.05, 0) is 28.6 Å². The van der Waals surface area contributed by atoms with E-state index < -0.39 is 0 Å². The minimum atomic E-state index is -0.0156. The number of benzene rings is 1. The molecule has 2 heterocycles. The monoisotopic (exact) mass is 312 g/mol. The van der Waals surface area contributed by atoms with Crippen molar-refractivity contribution >= 4 is 17.1 Å². The first-order valence-electron chi connectivity index (χ1n) is 7.20. The summed E-state index contributed by atoms with van der Waals surface area (Å²) in [6, 6.07) is 11.6. The molecule has 0 saturated heterocycles. The Morgan fingerprint density at radius 1 is 1.23 bits per heavy atom. The standard InChI is InChI=1S/C16H16N4OS/c1-2-4-12-6-8-13(9-7-12)14(21)11-20-18-16(17-19-20)15-5-3-10-22-15/h3,5-10H,2,4,11H2,1H3. The molecule has 0 aliphatic carbocycles. The molecule has 0 unspecified atom stereocenters. The van der Waals surface area contributed by atoms with Crippen molar-refractivity contribution in [1.82, 2.24) is 20.2 Å². The lowest BCUT2D eigenvalue weighted by Gasteiger charge is -2.02. The van der Waals surface area contributed by atoms with Crippen LogP contribution in [0.4, 0.5) is 0 Å². The fourth-order valence-corrected chi connectivity index (χ4v) is 2.83. The van der Waals surface area contributed by atoms with Gasteiger partial charge in [0.1, 0.15) is 6.54 Å². The third-order valence-corrected chi connectivity index (χ3v) is 4.16. The lowest BCUT2D eigenvalue weighted by molar-refractivity contribution is 0.0961. The van der Waals surface area contributed by atoms with Crippen molar-refractivity contribution in [2.75, 3.05) is 0 Å². The van der Waals surface area contributed by atoms with Crippen LogP contribution in [0.2, 0.25) is 0 Å². The Labute approximate surface area is 132 Å². The summed E-state index contributed by atoms with van der Waals surface area (Å²) in [6.07, 6.45) is 2.13. The SMILES string of the molecule is CCCc1ccc(C(=O)Cn2nnc(-c3cccs3)n2)cc1. The first-order valence-corrected chi connectivity index (χ1v) is 8.08. The molecule has 0 radical (unpaired) electrons. The molecular formula is C16H16N4OS. The minimum Gasteiger partial charge on any atom is -0.292 e. The molecule has 2 aromatic heterocycles. The van der Waals surface area contributed by atoms with Gasteiger partial charge >= 0.3 is 0 Å². The molecule has 0 fully saturated rings. The van der Waals surface area contributed by atoms with Crippen molar-refractivity contribution in [3.63, 3.8) is 0 Å². The Kier molecular flexibility index (Phi) is 4.39. The van der Waals surface area contributed by atoms with E-state index in [2.05, 4.69) is 22.3 Å². The van der Waals surface area contributed by atoms with Gasteiger partial charge in [-0.2, -0.15) is 4.80 Å². The van der Waals surface area contributed by atoms with Crippen LogP contribution < -0.4 is 0 Å². The van der Waals surface area contributed by atoms with Gasteiger partial charge in [-0.1, -0.05) is 43.7 Å². The zero-order chi connectivity index (χ0) is 15.4. The second-order valence-corrected chi connectivity index (χ2v) is 5.94. The summed E-state index contributed by atoms with van der Waals surface area (Å²) < 4.78 is 0. The van der Waals surface area contributed by atoms with Gasteiger partial charge in [-0.3, -0.25) is 4.79 Å². The molecule has 1 aromatic carbocycles. The van der Waals surface area contributed by atoms with Crippen molar-refractivity contribution in [1.29, 1.82) is 0 Å². The molecule has 6 heteroatoms. The first-order chi connectivity index (χ1) is 10.8. The van der Waals surface area contributed by atoms with E-state index in [1.807, 2.05) is 41.8 Å². The molecule has 0 atom stereocenters. The van der Waals surface area contributed by atoms with E-state index in [0.717, 1.165) is 17.7 Å². The lowest BCUT2D eigenvalue weighted by atomic mass is 10.1. The average Bonchev–Trinajstić information content (AvgIpc) is 3.19. The summed E-state index contributed by atoms with van der Waals surface area (Å²) in [6.45, 7) is 2.24. The molecule has 0 bridgehead atoms. The Hall–Kier alpha value is -2.34. The predicted molar refractivity (Wildman–Crippen MR) is 85.9 cm³/mol. The maximum Gasteiger partial charge on any atom is 0.214 e. The van der Waals surface area contributed by atoms with Crippen LogP contribution in [0.25, 0.3) is 10.7 Å². The molecule has 0 saturated carbocycles. The molecule has 112 valence electrons. The highest BCUT2D eigenvalue weighted by Gasteiger charge is 2.11. The molecular weight excluding hydrogens is 296 g/mol. The Balaban J connectivity index is 1.69. The van der Waals surface area contributed by atoms with E-state index in [-0.39, 0.29) is 12.3 Å². The van der Waals surface area contributed by atoms with Crippen molar-refractivity contribution in [2.24, 2.45) is 0 Å². The predicted octanol–water partition coefficient (Wildman–Crippen LogP) is 3.24. The van der Waals surface area contributed by atoms with Gasteiger partial charge in [-0.25, -0.2) is 0 Å². The number of carbonyl (C=O) groups excluding carboxylic acids is 1. The fourth-order valence-electron chi connectivity index (χ4n) is 2.18. The van der Waals surface area contributed by atoms with Crippen LogP contribution >= 0.6 is 11.3 Å². The second kappa shape index (κ2) is 6.62. The zero-order valence-corrected chi connectivity index (χ0v) is 13.1. The number of ketones is 1. The second-order valence-electron chi connectivity index (χ2n) is 4.99. The number of aryl methyl sites for hydroxylation is 1. The summed E-state index contributed by atoms with van der Waals surface area (Å²) in [5, 5.41) is 14.1. The number of hydrogen-bond acceptors (Lipinski definition) is 5. The number of tetrazole rings is 1. The van der Waals surface area contributed by atoms with Crippen molar-refractivity contribution in [3.8, 4) is 10.7 Å². The van der Waals surface area contributed by atoms with Gasteiger partial charge in [0.25, 0.3) is 0 Å². The Morgan fingerprint density at radius 2 is 2.05 bits per heavy atom. The maximum absolute atomic E-state index is 12.3. The highest BCUT2D eigenvalue weighted by molar-refractivity contribution is 7.13. The summed E-state index contributed by atoms with van der Waals surface area (Å²) in [4.78, 5) is 14.5. The number of thiophene rings is 1. The summed E-state index contributed by atoms with van der Waals surface area (Å²) in [5.41, 5.74) is 1.92. The number of aromatic nitrogens is 4. The van der Waals surface area contributed by atoms with Gasteiger partial charge in [0.05, 0.1) is 4.88 Å². The maximum atomic E-state index is 12.3. The minimum absolute atomic E-state index is 0.0156. The summed E-state index contributed by atoms with van der Waals surface area (Å²) >= 11 is 1.55. The zero-order valence-electron chi connectivity index (χ0n) is 12.3. The van der Waals surface area contributed by atoms with Gasteiger partial charge in [0.2, 0.25) is 5.82 Å². The van der Waals surface area contributed by atoms with Crippen molar-refractivity contribution < 1.29 is 4.79 Å². The van der Waals surface area contributed by atoms with Gasteiger partial charge in [0.15, 0.2) is 5.78 Å². The molecule has 0 N–H and O–H groups in total. The van der Waals surface area contributed by atoms with Crippen molar-refractivity contribution in [3.05, 3.63) is 52.9 Å². The summed E-state index contributed by atoms with van der Waals surface area (Å²) in [7, 11) is 0. The van der Waals surface area contributed by atoms with E-state index in [0.29, 0.717) is 11.4 Å². The number of rotatable bonds is 6. The highest BCUT2D eigenvalue weighted by atomic mass is 32.1. The third kappa shape index (κ3) is 3.28. The largest absolute Gasteiger partial charge is 0.292 e. The van der Waals surface area contributed by atoms with Crippen molar-refractivity contribution in [2.45, 2.75) is 26.3 Å². The highest BCUT2D eigenvalue weighted by Crippen LogP contribution is 2.19. The molecule has 0 aliphatic rings. The molecule has 0 aliphatic heterocycles. The van der Waals surface area contributed by atoms with Crippen LogP contribution in [-0.2, 0) is 13.0 Å². The first kappa shape index (κ1) is 14.6. The van der Waals surface area contributed by atoms with E-state index in [9.17, 15) is 4.79 Å². The van der Waals surface area contributed by atoms with Crippen LogP contribution in [-0.4, -0.2) is 26.0 Å². The van der Waals surface area contributed by atoms with Gasteiger partial charge in [-0.15, -0.1) is 21.5 Å². The van der Waals surface area contributed by atoms with E-state index in [4.69, 9.17) is 0 Å². The normalized spacial score (nSPS) is 10.8. The number of Topliss-reactive ketones (excluding diaryl/α,β-unsaturated/α-hetero) is 1. The number of nitrogens with zero attached hydrogens (tertiary/aromatic N) is 4. The number of hydrogen-bond donors (Lipinski definition) is 0. The van der Waals surface area contributed by atoms with Gasteiger partial charge < -0.3 is 0 Å². The van der Waals surface area contributed by atoms with E-state index >= 15 is 0 Å². The van der Waals surface area contributed by atoms with Crippen LogP contribution in [0.5, 0.6) is 0 Å². The van der Waals surface area contributed by atoms with Crippen LogP contribution in [0, 0.1) is 0 Å². The number of carbonyl (C=O) groups is 1. The topological polar surface area (TPSA) is 60.7 Å². The Bertz CT molecular complexity index is 747. The van der Waals surface area contributed by atoms with Crippen LogP contribution in [0.3, 0.4) is 0 Å². The molecule has 3 rings (SSSR count). The lowest BCUT2D eigenvalue weighted by Crippen LogP contribution is -2.13. The smallest absolute Gasteiger partial charge is 0.214 e. The molecule has 0 amide bonds. The third-order valence-electron chi connectivity index (χ3n) is 3.29. The molecule has 22 heavy (non-hydrogen) atoms. The van der Waals surface area contributed by atoms with Crippen LogP contribution in [0.15, 0.2) is 41.8 Å². The quantitative estimate of drug-likeness (QED) is 0.656. The molecule has 0 spiro atoms.